The summed E-state index contributed by atoms with van der Waals surface area (Å²) in [7, 11) is 0. The molecule has 5 nitrogen and oxygen atoms in total. The van der Waals surface area contributed by atoms with E-state index in [0.717, 1.165) is 13.1 Å². The van der Waals surface area contributed by atoms with Crippen molar-refractivity contribution in [3.63, 3.8) is 0 Å². The SMILES string of the molecule is C[C@H](CNC(=O)Nc1nccs1)N1CCCC1. The van der Waals surface area contributed by atoms with Crippen molar-refractivity contribution in [2.75, 3.05) is 25.0 Å². The van der Waals surface area contributed by atoms with Gasteiger partial charge in [-0.2, -0.15) is 0 Å². The fourth-order valence-corrected chi connectivity index (χ4v) is 2.50. The van der Waals surface area contributed by atoms with Crippen LogP contribution in [0.15, 0.2) is 11.6 Å². The highest BCUT2D eigenvalue weighted by Gasteiger charge is 2.18. The third kappa shape index (κ3) is 3.67. The predicted octanol–water partition coefficient (Wildman–Crippen LogP) is 1.75. The van der Waals surface area contributed by atoms with E-state index in [1.165, 1.54) is 24.2 Å². The van der Waals surface area contributed by atoms with E-state index in [1.54, 1.807) is 6.20 Å². The van der Waals surface area contributed by atoms with Crippen molar-refractivity contribution in [2.24, 2.45) is 0 Å². The highest BCUT2D eigenvalue weighted by Crippen LogP contribution is 2.11. The molecule has 0 saturated carbocycles. The number of carbonyl (C=O) groups excluding carboxylic acids is 1. The van der Waals surface area contributed by atoms with Crippen molar-refractivity contribution >= 4 is 22.5 Å². The lowest BCUT2D eigenvalue weighted by Crippen LogP contribution is -2.42. The van der Waals surface area contributed by atoms with Gasteiger partial charge < -0.3 is 5.32 Å². The van der Waals surface area contributed by atoms with Crippen molar-refractivity contribution in [2.45, 2.75) is 25.8 Å². The molecule has 0 bridgehead atoms. The first-order chi connectivity index (χ1) is 8.25. The molecule has 6 heteroatoms. The summed E-state index contributed by atoms with van der Waals surface area (Å²) in [6.07, 6.45) is 4.22. The molecule has 17 heavy (non-hydrogen) atoms. The van der Waals surface area contributed by atoms with Gasteiger partial charge in [-0.25, -0.2) is 9.78 Å². The molecule has 0 aromatic carbocycles. The number of amides is 2. The Balaban J connectivity index is 1.68. The lowest BCUT2D eigenvalue weighted by molar-refractivity contribution is 0.234. The van der Waals surface area contributed by atoms with Crippen molar-refractivity contribution in [1.82, 2.24) is 15.2 Å². The average Bonchev–Trinajstić information content (AvgIpc) is 2.97. The van der Waals surface area contributed by atoms with Crippen LogP contribution < -0.4 is 10.6 Å². The molecular formula is C11H18N4OS. The van der Waals surface area contributed by atoms with Crippen molar-refractivity contribution < 1.29 is 4.79 Å². The summed E-state index contributed by atoms with van der Waals surface area (Å²) in [6.45, 7) is 5.13. The molecule has 2 heterocycles. The first-order valence-electron chi connectivity index (χ1n) is 5.94. The third-order valence-corrected chi connectivity index (χ3v) is 3.66. The van der Waals surface area contributed by atoms with E-state index >= 15 is 0 Å². The second kappa shape index (κ2) is 5.97. The lowest BCUT2D eigenvalue weighted by atomic mass is 10.3. The Morgan fingerprint density at radius 1 is 1.59 bits per heavy atom. The summed E-state index contributed by atoms with van der Waals surface area (Å²) in [5.74, 6) is 0. The Morgan fingerprint density at radius 3 is 3.00 bits per heavy atom. The van der Waals surface area contributed by atoms with Gasteiger partial charge in [-0.3, -0.25) is 10.2 Å². The van der Waals surface area contributed by atoms with E-state index in [-0.39, 0.29) is 6.03 Å². The first kappa shape index (κ1) is 12.3. The Morgan fingerprint density at radius 2 is 2.35 bits per heavy atom. The molecule has 0 unspecified atom stereocenters. The maximum atomic E-state index is 11.6. The third-order valence-electron chi connectivity index (χ3n) is 2.97. The number of anilines is 1. The fourth-order valence-electron chi connectivity index (χ4n) is 1.98. The normalized spacial score (nSPS) is 17.9. The summed E-state index contributed by atoms with van der Waals surface area (Å²) in [5, 5.41) is 8.05. The van der Waals surface area contributed by atoms with E-state index in [2.05, 4.69) is 27.4 Å². The number of rotatable bonds is 4. The maximum Gasteiger partial charge on any atom is 0.321 e. The number of nitrogens with zero attached hydrogens (tertiary/aromatic N) is 2. The van der Waals surface area contributed by atoms with Crippen LogP contribution >= 0.6 is 11.3 Å². The molecule has 94 valence electrons. The van der Waals surface area contributed by atoms with E-state index in [9.17, 15) is 4.79 Å². The van der Waals surface area contributed by atoms with Crippen molar-refractivity contribution in [1.29, 1.82) is 0 Å². The van der Waals surface area contributed by atoms with Crippen LogP contribution in [-0.4, -0.2) is 41.6 Å². The number of likely N-dealkylation sites (tertiary alicyclic amines) is 1. The smallest absolute Gasteiger partial charge is 0.321 e. The zero-order chi connectivity index (χ0) is 12.1. The molecule has 2 rings (SSSR count). The second-order valence-electron chi connectivity index (χ2n) is 4.26. The van der Waals surface area contributed by atoms with Crippen LogP contribution in [0.3, 0.4) is 0 Å². The van der Waals surface area contributed by atoms with Crippen molar-refractivity contribution in [3.8, 4) is 0 Å². The topological polar surface area (TPSA) is 57.3 Å². The number of hydrogen-bond donors (Lipinski definition) is 2. The highest BCUT2D eigenvalue weighted by atomic mass is 32.1. The fraction of sp³-hybridized carbons (Fsp3) is 0.636. The number of aromatic nitrogens is 1. The van der Waals surface area contributed by atoms with E-state index < -0.39 is 0 Å². The predicted molar refractivity (Wildman–Crippen MR) is 69.4 cm³/mol. The molecule has 2 amide bonds. The zero-order valence-corrected chi connectivity index (χ0v) is 10.8. The van der Waals surface area contributed by atoms with E-state index in [0.29, 0.717) is 17.7 Å². The summed E-state index contributed by atoms with van der Waals surface area (Å²) in [4.78, 5) is 18.0. The van der Waals surface area contributed by atoms with Gasteiger partial charge in [0.2, 0.25) is 0 Å². The van der Waals surface area contributed by atoms with E-state index in [4.69, 9.17) is 0 Å². The molecule has 1 aromatic rings. The van der Waals surface area contributed by atoms with Gasteiger partial charge in [0.05, 0.1) is 0 Å². The zero-order valence-electron chi connectivity index (χ0n) is 9.98. The van der Waals surface area contributed by atoms with Gasteiger partial charge >= 0.3 is 6.03 Å². The summed E-state index contributed by atoms with van der Waals surface area (Å²) in [5.41, 5.74) is 0. The molecule has 0 radical (unpaired) electrons. The van der Waals surface area contributed by atoms with Crippen molar-refractivity contribution in [3.05, 3.63) is 11.6 Å². The second-order valence-corrected chi connectivity index (χ2v) is 5.16. The molecule has 0 spiro atoms. The van der Waals surface area contributed by atoms with Gasteiger partial charge in [-0.05, 0) is 32.9 Å². The van der Waals surface area contributed by atoms with Crippen LogP contribution in [0.5, 0.6) is 0 Å². The molecular weight excluding hydrogens is 236 g/mol. The molecule has 1 fully saturated rings. The summed E-state index contributed by atoms with van der Waals surface area (Å²) in [6, 6.07) is 0.227. The van der Waals surface area contributed by atoms with Crippen LogP contribution in [0, 0.1) is 0 Å². The Bertz CT molecular complexity index is 348. The Hall–Kier alpha value is -1.14. The Labute approximate surface area is 105 Å². The number of thiazole rings is 1. The number of nitrogens with one attached hydrogen (secondary N) is 2. The van der Waals surface area contributed by atoms with E-state index in [1.807, 2.05) is 5.38 Å². The highest BCUT2D eigenvalue weighted by molar-refractivity contribution is 7.13. The summed E-state index contributed by atoms with van der Waals surface area (Å²) >= 11 is 1.42. The van der Waals surface area contributed by atoms with Crippen LogP contribution in [0.2, 0.25) is 0 Å². The standard InChI is InChI=1S/C11H18N4OS/c1-9(15-5-2-3-6-15)8-13-10(16)14-11-12-4-7-17-11/h4,7,9H,2-3,5-6,8H2,1H3,(H2,12,13,14,16)/t9-/m1/s1. The minimum atomic E-state index is -0.175. The largest absolute Gasteiger partial charge is 0.336 e. The van der Waals surface area contributed by atoms with Gasteiger partial charge in [0.25, 0.3) is 0 Å². The number of urea groups is 1. The molecule has 1 atom stereocenters. The monoisotopic (exact) mass is 254 g/mol. The average molecular weight is 254 g/mol. The van der Waals surface area contributed by atoms with Gasteiger partial charge in [0.15, 0.2) is 5.13 Å². The lowest BCUT2D eigenvalue weighted by Gasteiger charge is -2.23. The number of carbonyl (C=O) groups is 1. The van der Waals surface area contributed by atoms with Gasteiger partial charge in [-0.1, -0.05) is 0 Å². The molecule has 1 aliphatic heterocycles. The quantitative estimate of drug-likeness (QED) is 0.860. The van der Waals surface area contributed by atoms with Crippen LogP contribution in [-0.2, 0) is 0 Å². The summed E-state index contributed by atoms with van der Waals surface area (Å²) < 4.78 is 0. The van der Waals surface area contributed by atoms with Crippen LogP contribution in [0.25, 0.3) is 0 Å². The first-order valence-corrected chi connectivity index (χ1v) is 6.82. The van der Waals surface area contributed by atoms with Gasteiger partial charge in [0.1, 0.15) is 0 Å². The van der Waals surface area contributed by atoms with Gasteiger partial charge in [-0.15, -0.1) is 11.3 Å². The molecule has 1 aromatic heterocycles. The molecule has 2 N–H and O–H groups in total. The van der Waals surface area contributed by atoms with Crippen LogP contribution in [0.1, 0.15) is 19.8 Å². The maximum absolute atomic E-state index is 11.6. The van der Waals surface area contributed by atoms with Crippen LogP contribution in [0.4, 0.5) is 9.93 Å². The minimum Gasteiger partial charge on any atom is -0.336 e. The minimum absolute atomic E-state index is 0.175. The van der Waals surface area contributed by atoms with Gasteiger partial charge in [0, 0.05) is 24.2 Å². The number of hydrogen-bond acceptors (Lipinski definition) is 4. The molecule has 0 aliphatic carbocycles. The molecule has 1 saturated heterocycles. The molecule has 1 aliphatic rings. The Kier molecular flexibility index (Phi) is 4.33.